The van der Waals surface area contributed by atoms with Crippen molar-refractivity contribution in [2.24, 2.45) is 0 Å². The minimum absolute atomic E-state index is 0.0427. The number of aliphatic hydroxyl groups is 1. The number of aryl methyl sites for hydroxylation is 1. The number of aliphatic hydroxyl groups excluding tert-OH is 1. The fraction of sp³-hybridized carbons (Fsp3) is 0.179. The van der Waals surface area contributed by atoms with Crippen LogP contribution >= 0.6 is 11.6 Å². The molecule has 0 amide bonds. The molecule has 3 aromatic rings. The van der Waals surface area contributed by atoms with Crippen LogP contribution in [0.1, 0.15) is 41.9 Å². The fourth-order valence-corrected chi connectivity index (χ4v) is 4.94. The first-order valence-electron chi connectivity index (χ1n) is 11.3. The second kappa shape index (κ2) is 8.92. The Balaban J connectivity index is 1.81. The molecule has 0 radical (unpaired) electrons. The van der Waals surface area contributed by atoms with Crippen molar-refractivity contribution in [2.75, 3.05) is 4.90 Å². The number of nitrogens with zero attached hydrogens (tertiary/aromatic N) is 2. The van der Waals surface area contributed by atoms with Crippen LogP contribution < -0.4 is 4.90 Å². The van der Waals surface area contributed by atoms with Gasteiger partial charge in [-0.1, -0.05) is 35.4 Å². The summed E-state index contributed by atoms with van der Waals surface area (Å²) in [4.78, 5) is 19.5. The molecule has 0 saturated heterocycles. The number of carbonyl (C=O) groups is 1. The third kappa shape index (κ3) is 3.82. The lowest BCUT2D eigenvalue weighted by Gasteiger charge is -2.41. The number of allylic oxidation sites excluding steroid dienone is 2. The van der Waals surface area contributed by atoms with Gasteiger partial charge in [0, 0.05) is 57.8 Å². The van der Waals surface area contributed by atoms with Crippen LogP contribution in [0, 0.1) is 12.3 Å². The normalized spacial score (nSPS) is 19.8. The van der Waals surface area contributed by atoms with Gasteiger partial charge in [0.05, 0.1) is 0 Å². The van der Waals surface area contributed by atoms with E-state index in [9.17, 15) is 15.3 Å². The topological polar surface area (TPSA) is 77.3 Å². The number of pyridine rings is 1. The number of amidine groups is 1. The number of halogens is 1. The second-order valence-electron chi connectivity index (χ2n) is 8.65. The zero-order valence-corrected chi connectivity index (χ0v) is 19.5. The molecule has 1 unspecified atom stereocenters. The monoisotopic (exact) mass is 469 g/mol. The van der Waals surface area contributed by atoms with Crippen LogP contribution in [0.3, 0.4) is 0 Å². The Hall–Kier alpha value is -3.70. The molecule has 34 heavy (non-hydrogen) atoms. The molecule has 2 aliphatic rings. The van der Waals surface area contributed by atoms with Gasteiger partial charge < -0.3 is 5.11 Å². The van der Waals surface area contributed by atoms with Gasteiger partial charge in [0.2, 0.25) is 0 Å². The van der Waals surface area contributed by atoms with Crippen LogP contribution in [0.15, 0.2) is 89.9 Å². The highest BCUT2D eigenvalue weighted by atomic mass is 35.5. The largest absolute Gasteiger partial charge is 0.507 e. The maximum atomic E-state index is 13.4. The van der Waals surface area contributed by atoms with E-state index in [1.165, 1.54) is 0 Å². The number of hydrogen-bond acceptors (Lipinski definition) is 4. The van der Waals surface area contributed by atoms with Crippen molar-refractivity contribution in [3.05, 3.63) is 112 Å². The van der Waals surface area contributed by atoms with E-state index in [0.717, 1.165) is 28.9 Å². The van der Waals surface area contributed by atoms with E-state index in [1.807, 2.05) is 48.2 Å². The number of rotatable bonds is 3. The summed E-state index contributed by atoms with van der Waals surface area (Å²) in [6, 6.07) is 18.4. The first kappa shape index (κ1) is 22.1. The van der Waals surface area contributed by atoms with Crippen LogP contribution in [0.5, 0.6) is 0 Å². The number of carbonyl (C=O) groups excluding carboxylic acids is 1. The highest BCUT2D eigenvalue weighted by molar-refractivity contribution is 6.30. The standard InChI is InChI=1S/C28H24ClN3O2/c1-17-7-13-21(14-8-17)32-22-5-2-6-23(33)25(22)24(19-4-3-15-31-16-19)26(28(32)30)27(34)18-9-11-20(29)12-10-18/h3-4,7-16,24,30,34H,2,5-6H2,1H3/b27-26+,30-28?. The molecule has 0 spiro atoms. The molecule has 1 aliphatic carbocycles. The van der Waals surface area contributed by atoms with E-state index in [4.69, 9.17) is 11.6 Å². The minimum atomic E-state index is -0.582. The first-order chi connectivity index (χ1) is 16.5. The Morgan fingerprint density at radius 3 is 2.50 bits per heavy atom. The average Bonchev–Trinajstić information content (AvgIpc) is 2.85. The highest BCUT2D eigenvalue weighted by Gasteiger charge is 2.43. The van der Waals surface area contributed by atoms with Crippen molar-refractivity contribution in [3.63, 3.8) is 0 Å². The van der Waals surface area contributed by atoms with Crippen molar-refractivity contribution in [2.45, 2.75) is 32.1 Å². The van der Waals surface area contributed by atoms with Crippen LogP contribution in [0.4, 0.5) is 5.69 Å². The smallest absolute Gasteiger partial charge is 0.161 e. The lowest BCUT2D eigenvalue weighted by molar-refractivity contribution is -0.116. The van der Waals surface area contributed by atoms with Gasteiger partial charge in [0.1, 0.15) is 11.6 Å². The third-order valence-corrected chi connectivity index (χ3v) is 6.69. The molecule has 1 aliphatic heterocycles. The summed E-state index contributed by atoms with van der Waals surface area (Å²) in [6.07, 6.45) is 5.25. The summed E-state index contributed by atoms with van der Waals surface area (Å²) in [5, 5.41) is 21.4. The third-order valence-electron chi connectivity index (χ3n) is 6.44. The van der Waals surface area contributed by atoms with Gasteiger partial charge in [-0.15, -0.1) is 0 Å². The van der Waals surface area contributed by atoms with Gasteiger partial charge in [0.15, 0.2) is 5.78 Å². The maximum Gasteiger partial charge on any atom is 0.161 e. The molecule has 0 saturated carbocycles. The van der Waals surface area contributed by atoms with E-state index in [2.05, 4.69) is 4.98 Å². The number of anilines is 1. The van der Waals surface area contributed by atoms with Crippen molar-refractivity contribution in [1.29, 1.82) is 5.41 Å². The molecule has 1 aromatic heterocycles. The van der Waals surface area contributed by atoms with Crippen molar-refractivity contribution in [3.8, 4) is 0 Å². The molecule has 6 heteroatoms. The van der Waals surface area contributed by atoms with Crippen LogP contribution in [-0.2, 0) is 4.79 Å². The van der Waals surface area contributed by atoms with Gasteiger partial charge in [0.25, 0.3) is 0 Å². The molecule has 2 aromatic carbocycles. The fourth-order valence-electron chi connectivity index (χ4n) is 4.81. The van der Waals surface area contributed by atoms with E-state index >= 15 is 0 Å². The minimum Gasteiger partial charge on any atom is -0.507 e. The summed E-state index contributed by atoms with van der Waals surface area (Å²) in [5.41, 5.74) is 5.05. The zero-order chi connectivity index (χ0) is 23.8. The van der Waals surface area contributed by atoms with E-state index in [1.54, 1.807) is 36.7 Å². The molecule has 0 bridgehead atoms. The Kier molecular flexibility index (Phi) is 5.80. The predicted molar refractivity (Wildman–Crippen MR) is 135 cm³/mol. The van der Waals surface area contributed by atoms with Crippen LogP contribution in [-0.4, -0.2) is 21.7 Å². The molecule has 170 valence electrons. The summed E-state index contributed by atoms with van der Waals surface area (Å²) in [5.74, 6) is -0.432. The molecule has 2 heterocycles. The van der Waals surface area contributed by atoms with Crippen molar-refractivity contribution in [1.82, 2.24) is 4.98 Å². The molecule has 2 N–H and O–H groups in total. The van der Waals surface area contributed by atoms with Gasteiger partial charge >= 0.3 is 0 Å². The maximum absolute atomic E-state index is 13.4. The SMILES string of the molecule is Cc1ccc(N2C(=N)/C(=C(/O)c3ccc(Cl)cc3)C(c3cccnc3)C3=C2CCCC3=O)cc1. The number of Topliss-reactive ketones (excluding diaryl/α,β-unsaturated/α-hetero) is 1. The van der Waals surface area contributed by atoms with E-state index in [-0.39, 0.29) is 17.4 Å². The Labute approximate surface area is 203 Å². The van der Waals surface area contributed by atoms with E-state index in [0.29, 0.717) is 34.6 Å². The van der Waals surface area contributed by atoms with Gasteiger partial charge in [-0.3, -0.25) is 20.1 Å². The molecule has 5 rings (SSSR count). The van der Waals surface area contributed by atoms with Crippen molar-refractivity contribution < 1.29 is 9.90 Å². The number of benzene rings is 2. The quantitative estimate of drug-likeness (QED) is 0.423. The molecular weight excluding hydrogens is 446 g/mol. The molecule has 5 nitrogen and oxygen atoms in total. The molecule has 0 fully saturated rings. The lowest BCUT2D eigenvalue weighted by Crippen LogP contribution is -2.42. The summed E-state index contributed by atoms with van der Waals surface area (Å²) < 4.78 is 0. The van der Waals surface area contributed by atoms with Crippen LogP contribution in [0.2, 0.25) is 5.02 Å². The summed E-state index contributed by atoms with van der Waals surface area (Å²) in [6.45, 7) is 2.01. The number of hydrogen-bond donors (Lipinski definition) is 2. The van der Waals surface area contributed by atoms with Gasteiger partial charge in [-0.2, -0.15) is 0 Å². The highest BCUT2D eigenvalue weighted by Crippen LogP contribution is 2.47. The van der Waals surface area contributed by atoms with E-state index < -0.39 is 5.92 Å². The summed E-state index contributed by atoms with van der Waals surface area (Å²) >= 11 is 6.07. The molecular formula is C28H24ClN3O2. The van der Waals surface area contributed by atoms with Crippen molar-refractivity contribution >= 4 is 34.7 Å². The number of aromatic nitrogens is 1. The van der Waals surface area contributed by atoms with Crippen LogP contribution in [0.25, 0.3) is 5.76 Å². The Bertz CT molecular complexity index is 1330. The Morgan fingerprint density at radius 1 is 1.09 bits per heavy atom. The first-order valence-corrected chi connectivity index (χ1v) is 11.6. The second-order valence-corrected chi connectivity index (χ2v) is 9.08. The van der Waals surface area contributed by atoms with Gasteiger partial charge in [-0.25, -0.2) is 0 Å². The lowest BCUT2D eigenvalue weighted by atomic mass is 9.74. The predicted octanol–water partition coefficient (Wildman–Crippen LogP) is 6.60. The zero-order valence-electron chi connectivity index (χ0n) is 18.8. The number of nitrogens with one attached hydrogen (secondary N) is 1. The summed E-state index contributed by atoms with van der Waals surface area (Å²) in [7, 11) is 0. The van der Waals surface area contributed by atoms with Gasteiger partial charge in [-0.05, 0) is 67.8 Å². The number of ketones is 1. The Morgan fingerprint density at radius 2 is 1.82 bits per heavy atom. The molecule has 1 atom stereocenters. The average molecular weight is 470 g/mol.